The van der Waals surface area contributed by atoms with Crippen LogP contribution >= 0.6 is 23.5 Å². The lowest BCUT2D eigenvalue weighted by molar-refractivity contribution is -0.306. The van der Waals surface area contributed by atoms with Gasteiger partial charge in [0.2, 0.25) is 59.1 Å². The van der Waals surface area contributed by atoms with Gasteiger partial charge in [0.15, 0.2) is 0 Å². The number of nitrogens with two attached hydrogens (primary N) is 2. The van der Waals surface area contributed by atoms with Gasteiger partial charge < -0.3 is 83.5 Å². The summed E-state index contributed by atoms with van der Waals surface area (Å²) in [6, 6.07) is -7.65. The number of carboxylic acids is 1. The Kier molecular flexibility index (Phi) is 29.7. The maximum absolute atomic E-state index is 14.9. The molecule has 1 aromatic carbocycles. The van der Waals surface area contributed by atoms with Gasteiger partial charge in [-0.2, -0.15) is 23.5 Å². The number of benzene rings is 1. The van der Waals surface area contributed by atoms with E-state index in [9.17, 15) is 67.7 Å². The van der Waals surface area contributed by atoms with Gasteiger partial charge in [0, 0.05) is 48.4 Å². The molecule has 30 heteroatoms. The summed E-state index contributed by atoms with van der Waals surface area (Å²) in [5, 5.41) is 46.7. The highest BCUT2D eigenvalue weighted by molar-refractivity contribution is 7.98. The Labute approximate surface area is 502 Å². The van der Waals surface area contributed by atoms with E-state index in [2.05, 4.69) is 47.7 Å². The van der Waals surface area contributed by atoms with Crippen LogP contribution in [0.1, 0.15) is 129 Å². The number of nitrogens with zero attached hydrogens (tertiary/aromatic N) is 2. The topological polar surface area (TPSA) is 430 Å². The number of primary amides is 2. The molecule has 3 heterocycles. The summed E-state index contributed by atoms with van der Waals surface area (Å²) in [6.07, 6.45) is 1.92. The highest BCUT2D eigenvalue weighted by Crippen LogP contribution is 2.27. The summed E-state index contributed by atoms with van der Waals surface area (Å²) < 4.78 is 6.22. The minimum Gasteiger partial charge on any atom is -0.550 e. The molecule has 0 aliphatic carbocycles. The van der Waals surface area contributed by atoms with Gasteiger partial charge in [-0.15, -0.1) is 0 Å². The molecule has 13 N–H and O–H groups in total. The van der Waals surface area contributed by atoms with Crippen LogP contribution in [0.25, 0.3) is 0 Å². The van der Waals surface area contributed by atoms with Gasteiger partial charge in [-0.05, 0) is 94.4 Å². The van der Waals surface area contributed by atoms with Crippen molar-refractivity contribution in [2.75, 3.05) is 31.3 Å². The maximum Gasteiger partial charge on any atom is 0.266 e. The van der Waals surface area contributed by atoms with E-state index < -0.39 is 144 Å². The van der Waals surface area contributed by atoms with Gasteiger partial charge >= 0.3 is 0 Å². The Balaban J connectivity index is 1.82. The van der Waals surface area contributed by atoms with Crippen LogP contribution in [-0.2, 0) is 73.9 Å². The number of fused-ring (bicyclic) bond motifs is 6. The van der Waals surface area contributed by atoms with Crippen molar-refractivity contribution in [2.45, 2.75) is 190 Å². The second-order valence-corrected chi connectivity index (χ2v) is 23.4. The van der Waals surface area contributed by atoms with Gasteiger partial charge in [-0.1, -0.05) is 51.3 Å². The number of aliphatic carboxylic acids is 1. The van der Waals surface area contributed by atoms with Crippen LogP contribution in [0.2, 0.25) is 0 Å². The van der Waals surface area contributed by atoms with E-state index in [1.807, 2.05) is 13.0 Å². The van der Waals surface area contributed by atoms with Crippen molar-refractivity contribution in [3.63, 3.8) is 0 Å². The summed E-state index contributed by atoms with van der Waals surface area (Å²) in [7, 11) is 0. The summed E-state index contributed by atoms with van der Waals surface area (Å²) in [4.78, 5) is 170. The molecule has 0 radical (unpaired) electrons. The van der Waals surface area contributed by atoms with Gasteiger partial charge in [-0.3, -0.25) is 52.7 Å². The van der Waals surface area contributed by atoms with Crippen LogP contribution in [0.15, 0.2) is 23.4 Å². The Morgan fingerprint density at radius 3 is 1.96 bits per heavy atom. The van der Waals surface area contributed by atoms with Gasteiger partial charge in [0.05, 0.1) is 12.7 Å². The number of aliphatic hydroxyl groups is 1. The predicted molar refractivity (Wildman–Crippen MR) is 311 cm³/mol. The van der Waals surface area contributed by atoms with Gasteiger partial charge in [0.1, 0.15) is 72.9 Å². The molecule has 1 fully saturated rings. The quantitative estimate of drug-likeness (QED) is 0.103. The van der Waals surface area contributed by atoms with E-state index in [1.54, 1.807) is 26.0 Å². The smallest absolute Gasteiger partial charge is 0.266 e. The first kappa shape index (κ1) is 70.3. The normalized spacial score (nSPS) is 26.9. The Morgan fingerprint density at radius 2 is 1.33 bits per heavy atom. The van der Waals surface area contributed by atoms with Crippen molar-refractivity contribution >= 4 is 101 Å². The van der Waals surface area contributed by atoms with Crippen molar-refractivity contribution < 1.29 is 77.3 Å². The zero-order valence-corrected chi connectivity index (χ0v) is 50.4. The minimum atomic E-state index is -1.87. The van der Waals surface area contributed by atoms with E-state index in [0.717, 1.165) is 24.6 Å². The first-order valence-corrected chi connectivity index (χ1v) is 31.0. The molecule has 4 bridgehead atoms. The Morgan fingerprint density at radius 1 is 0.718 bits per heavy atom. The fraction of sp³-hybridized carbons (Fsp3) is 0.655. The van der Waals surface area contributed by atoms with E-state index in [-0.39, 0.29) is 68.3 Å². The molecule has 11 atom stereocenters. The molecule has 1 saturated heterocycles. The number of hydrogen-bond acceptors (Lipinski definition) is 19. The van der Waals surface area contributed by atoms with Crippen LogP contribution in [-0.4, -0.2) is 179 Å². The summed E-state index contributed by atoms with van der Waals surface area (Å²) in [6.45, 7) is 8.10. The largest absolute Gasteiger partial charge is 0.550 e. The number of aliphatic hydroxyl groups excluding tert-OH is 1. The first-order chi connectivity index (χ1) is 40.4. The number of unbranched alkanes of at least 4 members (excludes halogenated alkanes) is 1. The number of nitrogens with one attached hydrogen (secondary N) is 8. The fourth-order valence-corrected chi connectivity index (χ4v) is 11.3. The van der Waals surface area contributed by atoms with Crippen LogP contribution < -0.4 is 63.8 Å². The maximum atomic E-state index is 14.9. The highest BCUT2D eigenvalue weighted by atomic mass is 32.2. The molecule has 0 aromatic heterocycles. The van der Waals surface area contributed by atoms with Crippen LogP contribution in [0, 0.1) is 5.92 Å². The number of carbonyl (C=O) groups excluding carboxylic acids is 12. The average molecular weight is 1230 g/mol. The number of ether oxygens (including phenoxy) is 1. The number of amides is 11. The van der Waals surface area contributed by atoms with E-state index in [4.69, 9.17) is 21.0 Å². The lowest BCUT2D eigenvalue weighted by Crippen LogP contribution is -2.62. The fourth-order valence-electron chi connectivity index (χ4n) is 9.29. The lowest BCUT2D eigenvalue weighted by atomic mass is 9.97. The van der Waals surface area contributed by atoms with Gasteiger partial charge in [-0.25, -0.2) is 0 Å². The standard InChI is InChI=1S/C55H84N12O16S2/c1-6-8-14-36-49(75)62-38(24-44(71)72)51(77)65-45(30(3)7-2)53(79)59-31(4)48(74)66-46(32(5)68)54(80)63-39(47(57)73)28-84-26-33-21-34-23-35(22-33)82-19-11-9-10-12-20-83-58-25-43(70)60-37(16-17-42(56)69)50(76)64-40(29-85-27-34)55(81)67-18-13-15-41(67)52(78)61-36/h21-23,25,30-32,36-41,45-46,68H,6-20,24,26-29H2,1-5H3,(H2,56,69)(H2,57,73)(H,59,79)(H,60,70)(H,61,78)(H,62,75)(H,63,80)(H,64,76)(H,65,77)(H,66,74)(H,71,72)/p-1/b58-25+/t30-,31-,32+,36-,37-,38-,39-,40-,41-,45-,46-/m0/s1. The van der Waals surface area contributed by atoms with E-state index in [1.165, 1.54) is 42.3 Å². The van der Waals surface area contributed by atoms with Crippen molar-refractivity contribution in [3.05, 3.63) is 29.3 Å². The number of hydrogen-bond donors (Lipinski definition) is 11. The van der Waals surface area contributed by atoms with Crippen LogP contribution in [0.3, 0.4) is 0 Å². The molecule has 1 aromatic rings. The van der Waals surface area contributed by atoms with Crippen molar-refractivity contribution in [1.29, 1.82) is 0 Å². The molecule has 0 spiro atoms. The highest BCUT2D eigenvalue weighted by Gasteiger charge is 2.41. The number of carbonyl (C=O) groups is 12. The van der Waals surface area contributed by atoms with E-state index >= 15 is 0 Å². The monoisotopic (exact) mass is 1230 g/mol. The van der Waals surface area contributed by atoms with Crippen molar-refractivity contribution in [3.8, 4) is 5.75 Å². The predicted octanol–water partition coefficient (Wildman–Crippen LogP) is -2.48. The third-order valence-electron chi connectivity index (χ3n) is 14.3. The second-order valence-electron chi connectivity index (χ2n) is 21.3. The van der Waals surface area contributed by atoms with Gasteiger partial charge in [0.25, 0.3) is 5.91 Å². The van der Waals surface area contributed by atoms with E-state index in [0.29, 0.717) is 50.0 Å². The Bertz CT molecular complexity index is 2560. The number of rotatable bonds is 12. The molecular formula is C55H83N12O16S2-. The molecule has 3 aliphatic heterocycles. The third-order valence-corrected chi connectivity index (χ3v) is 16.5. The SMILES string of the molecule is CCCC[C@@H]1NC(=O)[C@@H]2CCCN2C(=O)[C@@H]2CSCc3cc(cc(c3)OCCCCCCO/N=C/C(=O)N[C@@H](CCC(N)=O)C(=O)N2)CSC[C@@H](C(N)=O)NC(=O)[C@H]([C@@H](C)O)NC(=O)[C@H](C)NC(=O)[C@H]([C@@H](C)CC)NC(=O)[C@H](CC(=O)[O-])NC1=O. The summed E-state index contributed by atoms with van der Waals surface area (Å²) >= 11 is 2.44. The molecule has 28 nitrogen and oxygen atoms in total. The van der Waals surface area contributed by atoms with Crippen molar-refractivity contribution in [1.82, 2.24) is 47.4 Å². The Hall–Kier alpha value is -7.21. The third kappa shape index (κ3) is 23.6. The second kappa shape index (κ2) is 35.9. The van der Waals surface area contributed by atoms with Crippen LogP contribution in [0.4, 0.5) is 0 Å². The summed E-state index contributed by atoms with van der Waals surface area (Å²) in [5.41, 5.74) is 12.6. The molecule has 11 amide bonds. The summed E-state index contributed by atoms with van der Waals surface area (Å²) in [5.74, 6) is -11.6. The molecule has 3 aliphatic rings. The number of oxime groups is 1. The first-order valence-electron chi connectivity index (χ1n) is 28.7. The number of carboxylic acid groups (broad SMARTS) is 1. The zero-order valence-electron chi connectivity index (χ0n) is 48.7. The van der Waals surface area contributed by atoms with Crippen LogP contribution in [0.5, 0.6) is 5.75 Å². The molecular weight excluding hydrogens is 1150 g/mol. The molecule has 4 rings (SSSR count). The molecule has 472 valence electrons. The number of thioether (sulfide) groups is 2. The molecule has 0 saturated carbocycles. The average Bonchev–Trinajstić information content (AvgIpc) is 4.04. The van der Waals surface area contributed by atoms with Crippen molar-refractivity contribution in [2.24, 2.45) is 22.5 Å². The molecule has 0 unspecified atom stereocenters. The molecule has 85 heavy (non-hydrogen) atoms. The lowest BCUT2D eigenvalue weighted by Gasteiger charge is -2.31. The minimum absolute atomic E-state index is 0.00718. The zero-order chi connectivity index (χ0) is 62.8.